The Morgan fingerprint density at radius 3 is 2.96 bits per heavy atom. The molecule has 1 aliphatic heterocycles. The summed E-state index contributed by atoms with van der Waals surface area (Å²) in [5.41, 5.74) is 1.86. The summed E-state index contributed by atoms with van der Waals surface area (Å²) in [5.74, 6) is 0.925. The van der Waals surface area contributed by atoms with E-state index in [9.17, 15) is 4.39 Å². The van der Waals surface area contributed by atoms with Crippen LogP contribution in [0.2, 0.25) is 5.02 Å². The van der Waals surface area contributed by atoms with Gasteiger partial charge in [-0.2, -0.15) is 4.98 Å². The van der Waals surface area contributed by atoms with Crippen LogP contribution in [0.25, 0.3) is 11.1 Å². The van der Waals surface area contributed by atoms with Gasteiger partial charge in [-0.1, -0.05) is 22.8 Å². The van der Waals surface area contributed by atoms with Crippen molar-refractivity contribution in [3.63, 3.8) is 0 Å². The van der Waals surface area contributed by atoms with Gasteiger partial charge in [-0.15, -0.1) is 0 Å². The molecule has 0 atom stereocenters. The summed E-state index contributed by atoms with van der Waals surface area (Å²) < 4.78 is 19.0. The highest BCUT2D eigenvalue weighted by Crippen LogP contribution is 2.33. The van der Waals surface area contributed by atoms with Crippen molar-refractivity contribution in [1.29, 1.82) is 0 Å². The van der Waals surface area contributed by atoms with Crippen LogP contribution in [0.15, 0.2) is 29.0 Å². The van der Waals surface area contributed by atoms with Crippen LogP contribution in [0.3, 0.4) is 0 Å². The zero-order valence-electron chi connectivity index (χ0n) is 12.5. The summed E-state index contributed by atoms with van der Waals surface area (Å²) in [5, 5.41) is 5.27. The van der Waals surface area contributed by atoms with Crippen molar-refractivity contribution in [2.75, 3.05) is 18.0 Å². The van der Waals surface area contributed by atoms with Crippen LogP contribution in [0.1, 0.15) is 11.3 Å². The van der Waals surface area contributed by atoms with Crippen LogP contribution in [0.5, 0.6) is 0 Å². The predicted octanol–water partition coefficient (Wildman–Crippen LogP) is 3.40. The van der Waals surface area contributed by atoms with Crippen molar-refractivity contribution in [2.24, 2.45) is 5.92 Å². The van der Waals surface area contributed by atoms with E-state index >= 15 is 0 Å². The van der Waals surface area contributed by atoms with Crippen LogP contribution >= 0.6 is 11.6 Å². The van der Waals surface area contributed by atoms with Crippen molar-refractivity contribution in [3.8, 4) is 0 Å². The van der Waals surface area contributed by atoms with Gasteiger partial charge in [0.25, 0.3) is 5.71 Å². The first-order valence-corrected chi connectivity index (χ1v) is 7.76. The molecule has 2 aromatic heterocycles. The monoisotopic (exact) mass is 332 g/mol. The summed E-state index contributed by atoms with van der Waals surface area (Å²) in [7, 11) is 0. The molecule has 3 heterocycles. The Morgan fingerprint density at radius 1 is 1.35 bits per heavy atom. The number of rotatable bonds is 3. The van der Waals surface area contributed by atoms with Gasteiger partial charge in [0.2, 0.25) is 0 Å². The minimum Gasteiger partial charge on any atom is -0.355 e. The number of anilines is 1. The fourth-order valence-corrected chi connectivity index (χ4v) is 3.27. The van der Waals surface area contributed by atoms with E-state index in [2.05, 4.69) is 20.0 Å². The third-order valence-corrected chi connectivity index (χ3v) is 4.59. The summed E-state index contributed by atoms with van der Waals surface area (Å²) >= 11 is 6.10. The molecule has 0 radical (unpaired) electrons. The van der Waals surface area contributed by atoms with E-state index < -0.39 is 0 Å². The zero-order chi connectivity index (χ0) is 16.0. The molecule has 0 N–H and O–H groups in total. The van der Waals surface area contributed by atoms with Crippen LogP contribution in [0.4, 0.5) is 10.2 Å². The highest BCUT2D eigenvalue weighted by atomic mass is 35.5. The van der Waals surface area contributed by atoms with Gasteiger partial charge in [-0.05, 0) is 31.4 Å². The third-order valence-electron chi connectivity index (χ3n) is 4.23. The van der Waals surface area contributed by atoms with Crippen LogP contribution < -0.4 is 4.90 Å². The van der Waals surface area contributed by atoms with Gasteiger partial charge in [-0.3, -0.25) is 0 Å². The van der Waals surface area contributed by atoms with E-state index in [4.69, 9.17) is 16.1 Å². The topological polar surface area (TPSA) is 55.1 Å². The van der Waals surface area contributed by atoms with Crippen LogP contribution in [-0.4, -0.2) is 28.2 Å². The van der Waals surface area contributed by atoms with E-state index in [0.717, 1.165) is 30.0 Å². The molecule has 1 aliphatic rings. The van der Waals surface area contributed by atoms with Crippen molar-refractivity contribution >= 4 is 28.5 Å². The highest BCUT2D eigenvalue weighted by Gasteiger charge is 2.31. The quantitative estimate of drug-likeness (QED) is 0.735. The second-order valence-electron chi connectivity index (χ2n) is 5.82. The molecule has 0 amide bonds. The zero-order valence-corrected chi connectivity index (χ0v) is 13.2. The number of hydrogen-bond donors (Lipinski definition) is 0. The molecule has 0 saturated carbocycles. The van der Waals surface area contributed by atoms with Gasteiger partial charge in [-0.25, -0.2) is 9.37 Å². The first-order chi connectivity index (χ1) is 11.1. The molecular weight excluding hydrogens is 319 g/mol. The largest absolute Gasteiger partial charge is 0.355 e. The number of benzene rings is 1. The van der Waals surface area contributed by atoms with Crippen molar-refractivity contribution in [1.82, 2.24) is 15.1 Å². The molecule has 23 heavy (non-hydrogen) atoms. The van der Waals surface area contributed by atoms with E-state index in [1.165, 1.54) is 12.4 Å². The van der Waals surface area contributed by atoms with Gasteiger partial charge < -0.3 is 9.42 Å². The first kappa shape index (κ1) is 14.4. The lowest BCUT2D eigenvalue weighted by molar-refractivity contribution is 0.400. The molecule has 1 saturated heterocycles. The Bertz CT molecular complexity index is 855. The summed E-state index contributed by atoms with van der Waals surface area (Å²) in [4.78, 5) is 10.6. The van der Waals surface area contributed by atoms with E-state index in [1.54, 1.807) is 12.1 Å². The predicted molar refractivity (Wildman–Crippen MR) is 85.2 cm³/mol. The summed E-state index contributed by atoms with van der Waals surface area (Å²) in [6.45, 7) is 3.46. The fraction of sp³-hybridized carbons (Fsp3) is 0.312. The maximum Gasteiger partial charge on any atom is 0.263 e. The van der Waals surface area contributed by atoms with E-state index in [0.29, 0.717) is 28.6 Å². The number of aryl methyl sites for hydroxylation is 1. The Balaban J connectivity index is 1.52. The molecule has 0 bridgehead atoms. The van der Waals surface area contributed by atoms with Gasteiger partial charge in [0.05, 0.1) is 5.69 Å². The summed E-state index contributed by atoms with van der Waals surface area (Å²) in [6, 6.07) is 4.80. The normalized spacial score (nSPS) is 15.2. The molecule has 0 aliphatic carbocycles. The Kier molecular flexibility index (Phi) is 3.41. The fourth-order valence-electron chi connectivity index (χ4n) is 3.03. The molecule has 1 fully saturated rings. The average Bonchev–Trinajstić information content (AvgIpc) is 2.87. The van der Waals surface area contributed by atoms with Gasteiger partial charge >= 0.3 is 0 Å². The standard InChI is InChI=1S/C16H14ClFN4O/c1-9-14-15(19-8-20-16(14)23-21-9)22-6-10(7-22)5-11-12(17)3-2-4-13(11)18/h2-4,8,10H,5-7H2,1H3. The Morgan fingerprint density at radius 2 is 2.17 bits per heavy atom. The van der Waals surface area contributed by atoms with Crippen molar-refractivity contribution in [2.45, 2.75) is 13.3 Å². The average molecular weight is 333 g/mol. The number of fused-ring (bicyclic) bond motifs is 1. The lowest BCUT2D eigenvalue weighted by Gasteiger charge is -2.40. The lowest BCUT2D eigenvalue weighted by Crippen LogP contribution is -2.48. The number of hydrogen-bond acceptors (Lipinski definition) is 5. The molecule has 7 heteroatoms. The van der Waals surface area contributed by atoms with Crippen LogP contribution in [0, 0.1) is 18.7 Å². The van der Waals surface area contributed by atoms with Gasteiger partial charge in [0.1, 0.15) is 23.3 Å². The molecular formula is C16H14ClFN4O. The minimum atomic E-state index is -0.241. The Hall–Kier alpha value is -2.21. The van der Waals surface area contributed by atoms with Crippen molar-refractivity contribution in [3.05, 3.63) is 46.6 Å². The molecule has 4 rings (SSSR count). The van der Waals surface area contributed by atoms with Crippen molar-refractivity contribution < 1.29 is 8.91 Å². The third kappa shape index (κ3) is 2.43. The molecule has 118 valence electrons. The molecule has 3 aromatic rings. The van der Waals surface area contributed by atoms with Gasteiger partial charge in [0, 0.05) is 23.7 Å². The molecule has 0 spiro atoms. The first-order valence-electron chi connectivity index (χ1n) is 7.38. The number of halogens is 2. The maximum absolute atomic E-state index is 13.9. The molecule has 1 aromatic carbocycles. The minimum absolute atomic E-state index is 0.241. The number of nitrogens with zero attached hydrogens (tertiary/aromatic N) is 4. The van der Waals surface area contributed by atoms with E-state index in [1.807, 2.05) is 6.92 Å². The second-order valence-corrected chi connectivity index (χ2v) is 6.23. The van der Waals surface area contributed by atoms with E-state index in [-0.39, 0.29) is 5.82 Å². The highest BCUT2D eigenvalue weighted by molar-refractivity contribution is 6.31. The lowest BCUT2D eigenvalue weighted by atomic mass is 9.91. The Labute approximate surface area is 137 Å². The summed E-state index contributed by atoms with van der Waals surface area (Å²) in [6.07, 6.45) is 2.10. The SMILES string of the molecule is Cc1noc2ncnc(N3CC(Cc4c(F)cccc4Cl)C3)c12. The molecule has 5 nitrogen and oxygen atoms in total. The van der Waals surface area contributed by atoms with Crippen LogP contribution in [-0.2, 0) is 6.42 Å². The smallest absolute Gasteiger partial charge is 0.263 e. The van der Waals surface area contributed by atoms with Gasteiger partial charge in [0.15, 0.2) is 0 Å². The second kappa shape index (κ2) is 5.45. The number of aromatic nitrogens is 3. The molecule has 0 unspecified atom stereocenters. The maximum atomic E-state index is 13.9.